The predicted octanol–water partition coefficient (Wildman–Crippen LogP) is 5.58. The second-order valence-electron chi connectivity index (χ2n) is 7.14. The number of carbonyl (C=O) groups excluding carboxylic acids is 1. The Morgan fingerprint density at radius 3 is 2.79 bits per heavy atom. The van der Waals surface area contributed by atoms with Crippen LogP contribution >= 0.6 is 11.3 Å². The van der Waals surface area contributed by atoms with Gasteiger partial charge in [-0.3, -0.25) is 14.8 Å². The second-order valence-corrected chi connectivity index (χ2v) is 8.17. The number of ether oxygens (including phenoxy) is 1. The third-order valence-electron chi connectivity index (χ3n) is 5.02. The molecule has 0 saturated heterocycles. The third-order valence-corrected chi connectivity index (χ3v) is 5.95. The highest BCUT2D eigenvalue weighted by Crippen LogP contribution is 2.31. The minimum Gasteiger partial charge on any atom is -0.435 e. The van der Waals surface area contributed by atoms with Crippen molar-refractivity contribution in [1.29, 1.82) is 0 Å². The van der Waals surface area contributed by atoms with Crippen LogP contribution < -0.4 is 10.1 Å². The molecule has 1 N–H and O–H groups in total. The SMILES string of the molecule is CCn1cc(-c2cc(C(=O)Nc3nc4ccc(OC(F)F)cc4s3)c3ccccc3n2)cn1. The van der Waals surface area contributed by atoms with E-state index in [9.17, 15) is 13.6 Å². The molecule has 0 aliphatic heterocycles. The molecule has 10 heteroatoms. The number of amides is 1. The first-order chi connectivity index (χ1) is 16.0. The Balaban J connectivity index is 1.50. The Hall–Kier alpha value is -3.92. The zero-order valence-corrected chi connectivity index (χ0v) is 18.1. The van der Waals surface area contributed by atoms with E-state index in [2.05, 4.69) is 25.1 Å². The highest BCUT2D eigenvalue weighted by molar-refractivity contribution is 7.22. The van der Waals surface area contributed by atoms with Gasteiger partial charge in [0.25, 0.3) is 5.91 Å². The molecular weight excluding hydrogens is 448 g/mol. The molecule has 3 aromatic heterocycles. The van der Waals surface area contributed by atoms with Crippen LogP contribution in [0.3, 0.4) is 0 Å². The fourth-order valence-electron chi connectivity index (χ4n) is 3.48. The maximum absolute atomic E-state index is 13.2. The van der Waals surface area contributed by atoms with Gasteiger partial charge in [0.15, 0.2) is 5.13 Å². The number of aryl methyl sites for hydroxylation is 1. The molecule has 33 heavy (non-hydrogen) atoms. The van der Waals surface area contributed by atoms with Crippen molar-refractivity contribution in [2.75, 3.05) is 5.32 Å². The number of thiazole rings is 1. The van der Waals surface area contributed by atoms with Crippen molar-refractivity contribution in [2.45, 2.75) is 20.1 Å². The fraction of sp³-hybridized carbons (Fsp3) is 0.130. The number of aromatic nitrogens is 4. The van der Waals surface area contributed by atoms with Gasteiger partial charge >= 0.3 is 6.61 Å². The van der Waals surface area contributed by atoms with E-state index in [-0.39, 0.29) is 11.7 Å². The van der Waals surface area contributed by atoms with E-state index in [0.717, 1.165) is 12.1 Å². The average Bonchev–Trinajstić information content (AvgIpc) is 3.44. The van der Waals surface area contributed by atoms with Crippen LogP contribution in [0.25, 0.3) is 32.4 Å². The summed E-state index contributed by atoms with van der Waals surface area (Å²) in [6.45, 7) is -0.194. The lowest BCUT2D eigenvalue weighted by atomic mass is 10.1. The molecule has 0 bridgehead atoms. The topological polar surface area (TPSA) is 81.9 Å². The van der Waals surface area contributed by atoms with Crippen molar-refractivity contribution in [2.24, 2.45) is 0 Å². The number of benzene rings is 2. The van der Waals surface area contributed by atoms with E-state index < -0.39 is 6.61 Å². The zero-order valence-electron chi connectivity index (χ0n) is 17.3. The number of hydrogen-bond acceptors (Lipinski definition) is 6. The summed E-state index contributed by atoms with van der Waals surface area (Å²) in [5.41, 5.74) is 3.15. The molecule has 166 valence electrons. The van der Waals surface area contributed by atoms with Crippen molar-refractivity contribution >= 4 is 43.5 Å². The van der Waals surface area contributed by atoms with Gasteiger partial charge in [0.2, 0.25) is 0 Å². The summed E-state index contributed by atoms with van der Waals surface area (Å²) < 4.78 is 31.8. The summed E-state index contributed by atoms with van der Waals surface area (Å²) in [7, 11) is 0. The van der Waals surface area contributed by atoms with E-state index >= 15 is 0 Å². The standard InChI is InChI=1S/C23H17F2N5O2S/c1-2-30-12-13(11-26-30)19-10-16(15-5-3-4-6-17(15)27-19)21(31)29-23-28-18-8-7-14(32-22(24)25)9-20(18)33-23/h3-12,22H,2H2,1H3,(H,28,29,31). The first-order valence-corrected chi connectivity index (χ1v) is 10.9. The number of alkyl halides is 2. The molecule has 0 atom stereocenters. The van der Waals surface area contributed by atoms with Crippen LogP contribution in [-0.4, -0.2) is 32.3 Å². The Labute approximate surface area is 190 Å². The molecule has 0 saturated carbocycles. The molecule has 3 heterocycles. The monoisotopic (exact) mass is 465 g/mol. The Morgan fingerprint density at radius 1 is 1.15 bits per heavy atom. The van der Waals surface area contributed by atoms with Crippen LogP contribution in [0, 0.1) is 0 Å². The Kier molecular flexibility index (Phi) is 5.43. The maximum Gasteiger partial charge on any atom is 0.387 e. The average molecular weight is 465 g/mol. The highest BCUT2D eigenvalue weighted by atomic mass is 32.1. The molecule has 0 spiro atoms. The summed E-state index contributed by atoms with van der Waals surface area (Å²) in [4.78, 5) is 22.3. The van der Waals surface area contributed by atoms with E-state index in [1.165, 1.54) is 23.5 Å². The summed E-state index contributed by atoms with van der Waals surface area (Å²) in [6.07, 6.45) is 3.60. The van der Waals surface area contributed by atoms with Crippen LogP contribution in [0.2, 0.25) is 0 Å². The number of hydrogen-bond donors (Lipinski definition) is 1. The Bertz CT molecular complexity index is 1480. The summed E-state index contributed by atoms with van der Waals surface area (Å²) in [6, 6.07) is 13.6. The Morgan fingerprint density at radius 2 is 2.00 bits per heavy atom. The number of nitrogens with zero attached hydrogens (tertiary/aromatic N) is 4. The van der Waals surface area contributed by atoms with Gasteiger partial charge in [-0.05, 0) is 37.3 Å². The maximum atomic E-state index is 13.2. The number of rotatable bonds is 6. The zero-order chi connectivity index (χ0) is 22.9. The van der Waals surface area contributed by atoms with Crippen molar-refractivity contribution < 1.29 is 18.3 Å². The molecule has 0 unspecified atom stereocenters. The lowest BCUT2D eigenvalue weighted by Crippen LogP contribution is -2.12. The first kappa shape index (κ1) is 21.0. The minimum absolute atomic E-state index is 0.0384. The molecule has 0 fully saturated rings. The summed E-state index contributed by atoms with van der Waals surface area (Å²) >= 11 is 1.18. The number of anilines is 1. The van der Waals surface area contributed by atoms with Crippen LogP contribution in [0.5, 0.6) is 5.75 Å². The fourth-order valence-corrected chi connectivity index (χ4v) is 4.37. The second kappa shape index (κ2) is 8.55. The molecule has 7 nitrogen and oxygen atoms in total. The first-order valence-electron chi connectivity index (χ1n) is 10.1. The highest BCUT2D eigenvalue weighted by Gasteiger charge is 2.17. The number of carbonyl (C=O) groups is 1. The molecule has 0 aliphatic carbocycles. The van der Waals surface area contributed by atoms with Crippen LogP contribution in [0.1, 0.15) is 17.3 Å². The third kappa shape index (κ3) is 4.24. The van der Waals surface area contributed by atoms with E-state index in [0.29, 0.717) is 37.5 Å². The summed E-state index contributed by atoms with van der Waals surface area (Å²) in [5.74, 6) is -0.308. The van der Waals surface area contributed by atoms with Crippen molar-refractivity contribution in [3.05, 3.63) is 66.5 Å². The van der Waals surface area contributed by atoms with Gasteiger partial charge in [-0.15, -0.1) is 0 Å². The molecule has 2 aromatic carbocycles. The van der Waals surface area contributed by atoms with Crippen molar-refractivity contribution in [1.82, 2.24) is 19.7 Å². The van der Waals surface area contributed by atoms with E-state index in [1.807, 2.05) is 37.4 Å². The molecule has 5 aromatic rings. The molecule has 1 amide bonds. The van der Waals surface area contributed by atoms with Crippen LogP contribution in [-0.2, 0) is 6.54 Å². The lowest BCUT2D eigenvalue weighted by molar-refractivity contribution is -0.0497. The molecule has 5 rings (SSSR count). The molecule has 0 radical (unpaired) electrons. The minimum atomic E-state index is -2.91. The van der Waals surface area contributed by atoms with E-state index in [1.54, 1.807) is 23.0 Å². The number of nitrogens with one attached hydrogen (secondary N) is 1. The number of fused-ring (bicyclic) bond motifs is 2. The van der Waals surface area contributed by atoms with Gasteiger partial charge in [-0.1, -0.05) is 29.5 Å². The van der Waals surface area contributed by atoms with Gasteiger partial charge in [0, 0.05) is 23.7 Å². The van der Waals surface area contributed by atoms with Gasteiger partial charge in [-0.25, -0.2) is 9.97 Å². The smallest absolute Gasteiger partial charge is 0.387 e. The summed E-state index contributed by atoms with van der Waals surface area (Å²) in [5, 5.41) is 8.18. The quantitative estimate of drug-likeness (QED) is 0.354. The normalized spacial score (nSPS) is 11.4. The van der Waals surface area contributed by atoms with Crippen molar-refractivity contribution in [3.63, 3.8) is 0 Å². The number of pyridine rings is 1. The van der Waals surface area contributed by atoms with Gasteiger partial charge in [0.05, 0.1) is 33.2 Å². The van der Waals surface area contributed by atoms with Crippen LogP contribution in [0.4, 0.5) is 13.9 Å². The molecule has 0 aliphatic rings. The lowest BCUT2D eigenvalue weighted by Gasteiger charge is -2.08. The van der Waals surface area contributed by atoms with E-state index in [4.69, 9.17) is 0 Å². The van der Waals surface area contributed by atoms with Crippen molar-refractivity contribution in [3.8, 4) is 17.0 Å². The number of para-hydroxylation sites is 1. The van der Waals surface area contributed by atoms with Crippen LogP contribution in [0.15, 0.2) is 60.9 Å². The predicted molar refractivity (Wildman–Crippen MR) is 123 cm³/mol. The molecular formula is C23H17F2N5O2S. The van der Waals surface area contributed by atoms with Gasteiger partial charge < -0.3 is 4.74 Å². The largest absolute Gasteiger partial charge is 0.435 e. The van der Waals surface area contributed by atoms with Gasteiger partial charge in [0.1, 0.15) is 5.75 Å². The van der Waals surface area contributed by atoms with Gasteiger partial charge in [-0.2, -0.15) is 13.9 Å². The number of halogens is 2.